The van der Waals surface area contributed by atoms with Crippen molar-refractivity contribution in [1.29, 1.82) is 0 Å². The molecule has 1 atom stereocenters. The monoisotopic (exact) mass is 391 g/mol. The lowest BCUT2D eigenvalue weighted by Crippen LogP contribution is -2.92. The van der Waals surface area contributed by atoms with Gasteiger partial charge in [0.2, 0.25) is 0 Å². The minimum absolute atomic E-state index is 0.209. The molecule has 1 amide bonds. The van der Waals surface area contributed by atoms with Crippen molar-refractivity contribution in [3.05, 3.63) is 65.2 Å². The van der Waals surface area contributed by atoms with Crippen molar-refractivity contribution in [3.63, 3.8) is 0 Å². The third-order valence-corrected chi connectivity index (χ3v) is 5.40. The number of anilines is 1. The Morgan fingerprint density at radius 2 is 1.68 bits per heavy atom. The number of quaternary nitrogens is 1. The van der Waals surface area contributed by atoms with Gasteiger partial charge < -0.3 is 10.6 Å². The molecule has 1 saturated carbocycles. The number of nitrogens with one attached hydrogen (secondary N) is 1. The molecule has 3 rings (SSSR count). The highest BCUT2D eigenvalue weighted by atomic mass is 19.4. The molecule has 6 heteroatoms. The predicted octanol–water partition coefficient (Wildman–Crippen LogP) is 4.59. The van der Waals surface area contributed by atoms with Crippen molar-refractivity contribution in [1.82, 2.24) is 0 Å². The molecule has 0 radical (unpaired) electrons. The number of aryl methyl sites for hydroxylation is 1. The quantitative estimate of drug-likeness (QED) is 0.769. The molecule has 0 aliphatic heterocycles. The van der Waals surface area contributed by atoms with Crippen LogP contribution in [0.1, 0.15) is 54.8 Å². The molecule has 0 bridgehead atoms. The van der Waals surface area contributed by atoms with Crippen molar-refractivity contribution >= 4 is 11.6 Å². The van der Waals surface area contributed by atoms with Crippen LogP contribution < -0.4 is 10.6 Å². The molecule has 150 valence electrons. The molecular formula is C22H26F3N2O+. The number of halogens is 3. The zero-order chi connectivity index (χ0) is 20.1. The van der Waals surface area contributed by atoms with Gasteiger partial charge in [-0.25, -0.2) is 0 Å². The van der Waals surface area contributed by atoms with Crippen molar-refractivity contribution < 1.29 is 23.3 Å². The van der Waals surface area contributed by atoms with Crippen LogP contribution >= 0.6 is 0 Å². The number of amides is 1. The zero-order valence-electron chi connectivity index (χ0n) is 15.9. The molecule has 1 fully saturated rings. The van der Waals surface area contributed by atoms with E-state index in [4.69, 9.17) is 0 Å². The Bertz CT molecular complexity index is 796. The largest absolute Gasteiger partial charge is 0.416 e. The van der Waals surface area contributed by atoms with E-state index >= 15 is 0 Å². The van der Waals surface area contributed by atoms with Gasteiger partial charge in [-0.3, -0.25) is 4.79 Å². The number of hydrogen-bond acceptors (Lipinski definition) is 1. The van der Waals surface area contributed by atoms with Crippen LogP contribution in [0.15, 0.2) is 48.5 Å². The van der Waals surface area contributed by atoms with Gasteiger partial charge in [0.25, 0.3) is 5.91 Å². The number of benzene rings is 2. The van der Waals surface area contributed by atoms with E-state index < -0.39 is 17.8 Å². The van der Waals surface area contributed by atoms with Crippen LogP contribution in [0.3, 0.4) is 0 Å². The molecule has 0 saturated heterocycles. The number of alkyl halides is 3. The molecule has 1 aliphatic rings. The van der Waals surface area contributed by atoms with Crippen LogP contribution in [0, 0.1) is 6.92 Å². The van der Waals surface area contributed by atoms with Gasteiger partial charge in [0.05, 0.1) is 11.6 Å². The Morgan fingerprint density at radius 1 is 1.04 bits per heavy atom. The van der Waals surface area contributed by atoms with Crippen molar-refractivity contribution in [2.75, 3.05) is 5.32 Å². The molecule has 2 aromatic rings. The predicted molar refractivity (Wildman–Crippen MR) is 103 cm³/mol. The number of hydrogen-bond donors (Lipinski definition) is 2. The van der Waals surface area contributed by atoms with Crippen LogP contribution in [0.4, 0.5) is 18.9 Å². The van der Waals surface area contributed by atoms with Gasteiger partial charge in [-0.15, -0.1) is 0 Å². The van der Waals surface area contributed by atoms with E-state index in [0.29, 0.717) is 11.6 Å². The van der Waals surface area contributed by atoms with E-state index in [2.05, 4.69) is 5.32 Å². The van der Waals surface area contributed by atoms with Crippen molar-refractivity contribution in [2.24, 2.45) is 0 Å². The van der Waals surface area contributed by atoms with E-state index in [1.807, 2.05) is 36.5 Å². The third kappa shape index (κ3) is 5.13. The van der Waals surface area contributed by atoms with E-state index in [-0.39, 0.29) is 5.91 Å². The number of rotatable bonds is 5. The first-order valence-corrected chi connectivity index (χ1v) is 9.73. The van der Waals surface area contributed by atoms with Gasteiger partial charge in [0.15, 0.2) is 6.04 Å². The lowest BCUT2D eigenvalue weighted by molar-refractivity contribution is -0.717. The number of carbonyl (C=O) groups excluding carboxylic acids is 1. The Balaban J connectivity index is 1.83. The Kier molecular flexibility index (Phi) is 6.39. The lowest BCUT2D eigenvalue weighted by atomic mass is 9.93. The third-order valence-electron chi connectivity index (χ3n) is 5.40. The summed E-state index contributed by atoms with van der Waals surface area (Å²) in [6, 6.07) is 12.2. The average molecular weight is 391 g/mol. The molecule has 1 aliphatic carbocycles. The highest BCUT2D eigenvalue weighted by molar-refractivity contribution is 5.95. The first kappa shape index (κ1) is 20.4. The summed E-state index contributed by atoms with van der Waals surface area (Å²) in [5.41, 5.74) is 1.55. The van der Waals surface area contributed by atoms with Crippen LogP contribution in [0.2, 0.25) is 0 Å². The summed E-state index contributed by atoms with van der Waals surface area (Å²) < 4.78 is 38.7. The standard InChI is InChI=1S/C22H25F3N2O/c1-15-7-5-6-10-19(15)27-21(28)20(26-18-8-3-2-4-9-18)16-11-13-17(14-12-16)22(23,24)25/h5-7,10-14,18,20,26H,2-4,8-9H2,1H3,(H,27,28)/p+1/t20-/m1/s1. The van der Waals surface area contributed by atoms with Gasteiger partial charge in [-0.1, -0.05) is 36.8 Å². The molecule has 0 unspecified atom stereocenters. The fourth-order valence-corrected chi connectivity index (χ4v) is 3.75. The Morgan fingerprint density at radius 3 is 2.29 bits per heavy atom. The first-order chi connectivity index (χ1) is 13.3. The number of carbonyl (C=O) groups is 1. The summed E-state index contributed by atoms with van der Waals surface area (Å²) in [5, 5.41) is 4.97. The summed E-state index contributed by atoms with van der Waals surface area (Å²) in [6.45, 7) is 1.91. The minimum Gasteiger partial charge on any atom is -0.330 e. The highest BCUT2D eigenvalue weighted by Gasteiger charge is 2.33. The maximum absolute atomic E-state index is 13.1. The van der Waals surface area contributed by atoms with Crippen LogP contribution in [-0.2, 0) is 11.0 Å². The normalized spacial score (nSPS) is 16.6. The van der Waals surface area contributed by atoms with E-state index in [1.54, 1.807) is 0 Å². The topological polar surface area (TPSA) is 45.7 Å². The molecular weight excluding hydrogens is 365 g/mol. The van der Waals surface area contributed by atoms with Gasteiger partial charge in [-0.05, 0) is 56.4 Å². The zero-order valence-corrected chi connectivity index (χ0v) is 15.9. The maximum atomic E-state index is 13.1. The molecule has 3 N–H and O–H groups in total. The lowest BCUT2D eigenvalue weighted by Gasteiger charge is -2.25. The van der Waals surface area contributed by atoms with Crippen LogP contribution in [-0.4, -0.2) is 11.9 Å². The van der Waals surface area contributed by atoms with Crippen LogP contribution in [0.5, 0.6) is 0 Å². The fraction of sp³-hybridized carbons (Fsp3) is 0.409. The SMILES string of the molecule is Cc1ccccc1NC(=O)[C@H]([NH2+]C1CCCCC1)c1ccc(C(F)(F)F)cc1. The van der Waals surface area contributed by atoms with Gasteiger partial charge in [0.1, 0.15) is 0 Å². The molecule has 3 nitrogen and oxygen atoms in total. The van der Waals surface area contributed by atoms with Gasteiger partial charge >= 0.3 is 6.18 Å². The summed E-state index contributed by atoms with van der Waals surface area (Å²) in [7, 11) is 0. The van der Waals surface area contributed by atoms with E-state index in [9.17, 15) is 18.0 Å². The summed E-state index contributed by atoms with van der Waals surface area (Å²) >= 11 is 0. The van der Waals surface area contributed by atoms with Gasteiger partial charge in [0, 0.05) is 11.3 Å². The second-order valence-electron chi connectivity index (χ2n) is 7.49. The summed E-state index contributed by atoms with van der Waals surface area (Å²) in [5.74, 6) is -0.209. The second-order valence-corrected chi connectivity index (χ2v) is 7.49. The second kappa shape index (κ2) is 8.78. The molecule has 0 spiro atoms. The van der Waals surface area contributed by atoms with E-state index in [1.165, 1.54) is 18.6 Å². The number of para-hydroxylation sites is 1. The van der Waals surface area contributed by atoms with E-state index in [0.717, 1.165) is 49.1 Å². The smallest absolute Gasteiger partial charge is 0.330 e. The summed E-state index contributed by atoms with van der Waals surface area (Å²) in [4.78, 5) is 13.1. The van der Waals surface area contributed by atoms with Crippen molar-refractivity contribution in [2.45, 2.75) is 57.3 Å². The van der Waals surface area contributed by atoms with Crippen molar-refractivity contribution in [3.8, 4) is 0 Å². The van der Waals surface area contributed by atoms with Gasteiger partial charge in [-0.2, -0.15) is 13.2 Å². The number of nitrogens with two attached hydrogens (primary N) is 1. The first-order valence-electron chi connectivity index (χ1n) is 9.73. The molecule has 28 heavy (non-hydrogen) atoms. The van der Waals surface area contributed by atoms with Crippen LogP contribution in [0.25, 0.3) is 0 Å². The minimum atomic E-state index is -4.38. The maximum Gasteiger partial charge on any atom is 0.416 e. The molecule has 0 heterocycles. The highest BCUT2D eigenvalue weighted by Crippen LogP contribution is 2.30. The Labute approximate surface area is 163 Å². The summed E-state index contributed by atoms with van der Waals surface area (Å²) in [6.07, 6.45) is 1.11. The molecule has 2 aromatic carbocycles. The average Bonchev–Trinajstić information content (AvgIpc) is 2.68. The molecule has 0 aromatic heterocycles. The fourth-order valence-electron chi connectivity index (χ4n) is 3.75. The Hall–Kier alpha value is -2.34.